The molecule has 1 fully saturated rings. The van der Waals surface area contributed by atoms with Crippen LogP contribution < -0.4 is 5.32 Å². The molecule has 8 nitrogen and oxygen atoms in total. The molecule has 0 saturated carbocycles. The van der Waals surface area contributed by atoms with E-state index in [-0.39, 0.29) is 13.0 Å². The van der Waals surface area contributed by atoms with Crippen molar-refractivity contribution in [2.24, 2.45) is 0 Å². The third-order valence-corrected chi connectivity index (χ3v) is 5.90. The molecule has 9 heteroatoms. The van der Waals surface area contributed by atoms with Crippen molar-refractivity contribution in [3.05, 3.63) is 36.8 Å². The Morgan fingerprint density at radius 3 is 2.91 bits per heavy atom. The van der Waals surface area contributed by atoms with Crippen LogP contribution >= 0.6 is 0 Å². The molecule has 1 saturated heterocycles. The Morgan fingerprint density at radius 2 is 2.18 bits per heavy atom. The van der Waals surface area contributed by atoms with Crippen molar-refractivity contribution >= 4 is 22.8 Å². The van der Waals surface area contributed by atoms with Crippen LogP contribution in [-0.2, 0) is 11.3 Å². The van der Waals surface area contributed by atoms with Crippen molar-refractivity contribution in [1.29, 1.82) is 0 Å². The third-order valence-electron chi connectivity index (χ3n) is 5.90. The first-order valence-electron chi connectivity index (χ1n) is 11.9. The molecular weight excluding hydrogens is 435 g/mol. The molecule has 0 radical (unpaired) electrons. The van der Waals surface area contributed by atoms with Crippen LogP contribution in [0.4, 0.5) is 15.0 Å². The molecule has 1 unspecified atom stereocenters. The van der Waals surface area contributed by atoms with E-state index in [1.807, 2.05) is 56.8 Å². The number of hydrogen-bond donors (Lipinski definition) is 1. The predicted molar refractivity (Wildman–Crippen MR) is 130 cm³/mol. The first kappa shape index (κ1) is 23.9. The van der Waals surface area contributed by atoms with Gasteiger partial charge in [-0.1, -0.05) is 0 Å². The summed E-state index contributed by atoms with van der Waals surface area (Å²) in [4.78, 5) is 23.2. The number of likely N-dealkylation sites (tertiary alicyclic amines) is 1. The Balaban J connectivity index is 1.47. The number of fused-ring (bicyclic) bond motifs is 1. The van der Waals surface area contributed by atoms with E-state index in [0.717, 1.165) is 28.7 Å². The number of rotatable bonds is 6. The zero-order valence-corrected chi connectivity index (χ0v) is 20.3. The van der Waals surface area contributed by atoms with Crippen LogP contribution in [0.25, 0.3) is 22.2 Å². The van der Waals surface area contributed by atoms with E-state index in [4.69, 9.17) is 9.72 Å². The van der Waals surface area contributed by atoms with E-state index in [1.165, 1.54) is 4.90 Å². The van der Waals surface area contributed by atoms with Gasteiger partial charge >= 0.3 is 6.09 Å². The number of ether oxygens (including phenoxy) is 1. The van der Waals surface area contributed by atoms with Gasteiger partial charge in [0.05, 0.1) is 24.0 Å². The molecule has 0 bridgehead atoms. The minimum absolute atomic E-state index is 0.0373. The summed E-state index contributed by atoms with van der Waals surface area (Å²) in [5.41, 5.74) is 0.393. The lowest BCUT2D eigenvalue weighted by Crippen LogP contribution is -2.50. The van der Waals surface area contributed by atoms with Crippen molar-refractivity contribution in [2.45, 2.75) is 64.8 Å². The molecule has 0 aliphatic carbocycles. The summed E-state index contributed by atoms with van der Waals surface area (Å²) in [6, 6.07) is 5.75. The van der Waals surface area contributed by atoms with Crippen LogP contribution in [0.1, 0.15) is 47.0 Å². The summed E-state index contributed by atoms with van der Waals surface area (Å²) >= 11 is 0. The molecule has 0 aromatic carbocycles. The number of alkyl halides is 1. The van der Waals surface area contributed by atoms with Gasteiger partial charge in [0.2, 0.25) is 0 Å². The number of hydrogen-bond acceptors (Lipinski definition) is 6. The Labute approximate surface area is 199 Å². The van der Waals surface area contributed by atoms with Gasteiger partial charge in [0, 0.05) is 49.4 Å². The van der Waals surface area contributed by atoms with Crippen molar-refractivity contribution in [1.82, 2.24) is 24.6 Å². The minimum atomic E-state index is -1.48. The number of piperidine rings is 1. The summed E-state index contributed by atoms with van der Waals surface area (Å²) in [5.74, 6) is 0.660. The second-order valence-corrected chi connectivity index (χ2v) is 9.84. The number of carbonyl (C=O) groups excluding carboxylic acids is 1. The molecule has 182 valence electrons. The fraction of sp³-hybridized carbons (Fsp3) is 0.520. The van der Waals surface area contributed by atoms with Crippen LogP contribution in [0.3, 0.4) is 0 Å². The van der Waals surface area contributed by atoms with Crippen molar-refractivity contribution in [2.75, 3.05) is 25.0 Å². The van der Waals surface area contributed by atoms with Gasteiger partial charge in [-0.05, 0) is 58.7 Å². The third kappa shape index (κ3) is 5.63. The van der Waals surface area contributed by atoms with Gasteiger partial charge in [-0.25, -0.2) is 14.2 Å². The molecule has 1 atom stereocenters. The van der Waals surface area contributed by atoms with Crippen molar-refractivity contribution < 1.29 is 13.9 Å². The van der Waals surface area contributed by atoms with Gasteiger partial charge in [-0.2, -0.15) is 5.10 Å². The van der Waals surface area contributed by atoms with E-state index in [9.17, 15) is 4.79 Å². The summed E-state index contributed by atoms with van der Waals surface area (Å²) in [6.07, 6.45) is 6.31. The summed E-state index contributed by atoms with van der Waals surface area (Å²) in [6.45, 7) is 9.18. The Morgan fingerprint density at radius 1 is 1.35 bits per heavy atom. The molecule has 4 heterocycles. The predicted octanol–water partition coefficient (Wildman–Crippen LogP) is 5.05. The Hall–Kier alpha value is -3.23. The fourth-order valence-corrected chi connectivity index (χ4v) is 4.20. The van der Waals surface area contributed by atoms with E-state index < -0.39 is 17.4 Å². The monoisotopic (exact) mass is 468 g/mol. The lowest BCUT2D eigenvalue weighted by atomic mass is 9.91. The van der Waals surface area contributed by atoms with E-state index >= 15 is 4.39 Å². The van der Waals surface area contributed by atoms with Crippen LogP contribution in [0, 0.1) is 0 Å². The zero-order valence-electron chi connectivity index (χ0n) is 20.3. The average molecular weight is 469 g/mol. The topological polar surface area (TPSA) is 85.2 Å². The summed E-state index contributed by atoms with van der Waals surface area (Å²) in [7, 11) is 0. The second-order valence-electron chi connectivity index (χ2n) is 9.84. The van der Waals surface area contributed by atoms with Crippen LogP contribution in [0.5, 0.6) is 0 Å². The number of aryl methyl sites for hydroxylation is 1. The van der Waals surface area contributed by atoms with E-state index in [1.54, 1.807) is 12.4 Å². The minimum Gasteiger partial charge on any atom is -0.444 e. The molecule has 0 spiro atoms. The standard InChI is InChI=1S/C25H33FN6O2/c1-5-32-16-18(15-29-32)20-14-21-19(8-6-11-27-21)22(30-20)28-12-10-25(26)9-7-13-31(17-25)23(33)34-24(2,3)4/h6,8,11,14-16H,5,7,9-10,12-13,17H2,1-4H3,(H,28,30). The van der Waals surface area contributed by atoms with Gasteiger partial charge in [0.15, 0.2) is 0 Å². The Bertz CT molecular complexity index is 1160. The SMILES string of the molecule is CCn1cc(-c2cc3ncccc3c(NCCC3(F)CCCN(C(=O)OC(C)(C)C)C3)n2)cn1. The lowest BCUT2D eigenvalue weighted by Gasteiger charge is -2.38. The highest BCUT2D eigenvalue weighted by molar-refractivity contribution is 5.91. The number of nitrogens with one attached hydrogen (secondary N) is 1. The summed E-state index contributed by atoms with van der Waals surface area (Å²) in [5, 5.41) is 8.54. The number of pyridine rings is 2. The molecule has 3 aromatic heterocycles. The van der Waals surface area contributed by atoms with E-state index in [0.29, 0.717) is 31.7 Å². The molecule has 1 amide bonds. The normalized spacial score (nSPS) is 18.8. The number of halogens is 1. The first-order valence-corrected chi connectivity index (χ1v) is 11.9. The van der Waals surface area contributed by atoms with Crippen LogP contribution in [-0.4, -0.2) is 61.6 Å². The van der Waals surface area contributed by atoms with Crippen LogP contribution in [0.2, 0.25) is 0 Å². The van der Waals surface area contributed by atoms with Gasteiger partial charge < -0.3 is 15.0 Å². The molecule has 3 aromatic rings. The molecule has 1 N–H and O–H groups in total. The van der Waals surface area contributed by atoms with Crippen molar-refractivity contribution in [3.8, 4) is 11.3 Å². The van der Waals surface area contributed by atoms with E-state index in [2.05, 4.69) is 15.4 Å². The summed E-state index contributed by atoms with van der Waals surface area (Å²) < 4.78 is 23.0. The van der Waals surface area contributed by atoms with Crippen molar-refractivity contribution in [3.63, 3.8) is 0 Å². The molecular formula is C25H33FN6O2. The maximum Gasteiger partial charge on any atom is 0.410 e. The number of carbonyl (C=O) groups is 1. The second kappa shape index (κ2) is 9.56. The van der Waals surface area contributed by atoms with Gasteiger partial charge in [0.1, 0.15) is 17.1 Å². The van der Waals surface area contributed by atoms with Crippen LogP contribution in [0.15, 0.2) is 36.8 Å². The fourth-order valence-electron chi connectivity index (χ4n) is 4.20. The number of amides is 1. The number of aromatic nitrogens is 4. The van der Waals surface area contributed by atoms with Gasteiger partial charge in [-0.3, -0.25) is 9.67 Å². The maximum atomic E-state index is 15.7. The molecule has 4 rings (SSSR count). The lowest BCUT2D eigenvalue weighted by molar-refractivity contribution is -0.00663. The zero-order chi connectivity index (χ0) is 24.3. The maximum absolute atomic E-state index is 15.7. The number of nitrogens with zero attached hydrogens (tertiary/aromatic N) is 5. The highest BCUT2D eigenvalue weighted by atomic mass is 19.1. The first-order chi connectivity index (χ1) is 16.2. The number of anilines is 1. The quantitative estimate of drug-likeness (QED) is 0.545. The smallest absolute Gasteiger partial charge is 0.410 e. The molecule has 1 aliphatic rings. The van der Waals surface area contributed by atoms with Gasteiger partial charge in [-0.15, -0.1) is 0 Å². The largest absolute Gasteiger partial charge is 0.444 e. The highest BCUT2D eigenvalue weighted by Gasteiger charge is 2.38. The van der Waals surface area contributed by atoms with Gasteiger partial charge in [0.25, 0.3) is 0 Å². The molecule has 1 aliphatic heterocycles. The highest BCUT2D eigenvalue weighted by Crippen LogP contribution is 2.31. The average Bonchev–Trinajstić information content (AvgIpc) is 3.27. The molecule has 34 heavy (non-hydrogen) atoms. The Kier molecular flexibility index (Phi) is 6.72.